The summed E-state index contributed by atoms with van der Waals surface area (Å²) >= 11 is 3.43. The van der Waals surface area contributed by atoms with Gasteiger partial charge >= 0.3 is 5.97 Å². The van der Waals surface area contributed by atoms with Crippen LogP contribution in [-0.2, 0) is 4.79 Å². The van der Waals surface area contributed by atoms with Crippen molar-refractivity contribution in [2.45, 2.75) is 19.8 Å². The topological polar surface area (TPSA) is 55.8 Å². The molecule has 1 heterocycles. The predicted octanol–water partition coefficient (Wildman–Crippen LogP) is 2.72. The van der Waals surface area contributed by atoms with E-state index in [1.807, 2.05) is 6.92 Å². The average Bonchev–Trinajstić information content (AvgIpc) is 2.33. The molecule has 1 aliphatic heterocycles. The smallest absolute Gasteiger partial charge is 0.310 e. The fourth-order valence-electron chi connectivity index (χ4n) is 1.80. The minimum atomic E-state index is -0.859. The number of hydrogen-bond acceptors (Lipinski definition) is 3. The van der Waals surface area contributed by atoms with E-state index in [1.54, 1.807) is 13.0 Å². The van der Waals surface area contributed by atoms with Crippen molar-refractivity contribution >= 4 is 21.9 Å². The van der Waals surface area contributed by atoms with E-state index in [4.69, 9.17) is 14.6 Å². The van der Waals surface area contributed by atoms with Crippen molar-refractivity contribution in [3.8, 4) is 11.5 Å². The highest BCUT2D eigenvalue weighted by atomic mass is 79.9. The van der Waals surface area contributed by atoms with Crippen LogP contribution in [0.1, 0.15) is 24.0 Å². The lowest BCUT2D eigenvalue weighted by molar-refractivity contribution is -0.138. The Morgan fingerprint density at radius 3 is 2.76 bits per heavy atom. The zero-order chi connectivity index (χ0) is 12.6. The van der Waals surface area contributed by atoms with Gasteiger partial charge in [-0.15, -0.1) is 0 Å². The lowest BCUT2D eigenvalue weighted by Gasteiger charge is -2.23. The van der Waals surface area contributed by atoms with Crippen molar-refractivity contribution in [1.82, 2.24) is 0 Å². The number of rotatable bonds is 2. The second-order valence-electron chi connectivity index (χ2n) is 3.99. The molecule has 17 heavy (non-hydrogen) atoms. The van der Waals surface area contributed by atoms with Gasteiger partial charge in [-0.25, -0.2) is 0 Å². The number of aliphatic carboxylic acids is 1. The summed E-state index contributed by atoms with van der Waals surface area (Å²) in [6.07, 6.45) is 0. The van der Waals surface area contributed by atoms with Crippen LogP contribution in [0.2, 0.25) is 0 Å². The third kappa shape index (κ3) is 2.11. The first-order valence-electron chi connectivity index (χ1n) is 5.33. The molecule has 0 amide bonds. The molecule has 1 unspecified atom stereocenters. The fraction of sp³-hybridized carbons (Fsp3) is 0.417. The van der Waals surface area contributed by atoms with Crippen LogP contribution in [0.15, 0.2) is 10.5 Å². The molecule has 1 aromatic rings. The molecule has 2 rings (SSSR count). The van der Waals surface area contributed by atoms with E-state index in [1.165, 1.54) is 0 Å². The molecule has 0 spiro atoms. The summed E-state index contributed by atoms with van der Waals surface area (Å²) in [5, 5.41) is 9.06. The second kappa shape index (κ2) is 4.56. The van der Waals surface area contributed by atoms with Gasteiger partial charge in [0.05, 0.1) is 5.92 Å². The maximum Gasteiger partial charge on any atom is 0.310 e. The van der Waals surface area contributed by atoms with E-state index in [2.05, 4.69) is 15.9 Å². The highest BCUT2D eigenvalue weighted by Gasteiger charge is 2.24. The summed E-state index contributed by atoms with van der Waals surface area (Å²) in [5.41, 5.74) is 1.59. The monoisotopic (exact) mass is 300 g/mol. The van der Waals surface area contributed by atoms with Gasteiger partial charge in [0.25, 0.3) is 0 Å². The zero-order valence-corrected chi connectivity index (χ0v) is 11.2. The van der Waals surface area contributed by atoms with Gasteiger partial charge in [-0.1, -0.05) is 15.9 Å². The number of halogens is 1. The minimum Gasteiger partial charge on any atom is -0.486 e. The van der Waals surface area contributed by atoms with Crippen LogP contribution < -0.4 is 9.47 Å². The first-order valence-corrected chi connectivity index (χ1v) is 6.13. The summed E-state index contributed by atoms with van der Waals surface area (Å²) in [4.78, 5) is 11.0. The summed E-state index contributed by atoms with van der Waals surface area (Å²) in [6, 6.07) is 1.74. The maximum absolute atomic E-state index is 11.0. The van der Waals surface area contributed by atoms with Crippen LogP contribution in [0.25, 0.3) is 0 Å². The molecule has 0 radical (unpaired) electrons. The van der Waals surface area contributed by atoms with Crippen molar-refractivity contribution in [2.75, 3.05) is 13.2 Å². The Labute approximate surface area is 108 Å². The van der Waals surface area contributed by atoms with Crippen LogP contribution >= 0.6 is 15.9 Å². The van der Waals surface area contributed by atoms with Gasteiger partial charge in [-0.2, -0.15) is 0 Å². The van der Waals surface area contributed by atoms with Crippen molar-refractivity contribution in [3.63, 3.8) is 0 Å². The maximum atomic E-state index is 11.0. The third-order valence-corrected chi connectivity index (χ3v) is 3.91. The molecule has 0 saturated carbocycles. The molecule has 1 aromatic carbocycles. The average molecular weight is 301 g/mol. The van der Waals surface area contributed by atoms with Gasteiger partial charge in [0.15, 0.2) is 11.5 Å². The quantitative estimate of drug-likeness (QED) is 0.912. The first kappa shape index (κ1) is 12.2. The molecule has 5 heteroatoms. The van der Waals surface area contributed by atoms with Crippen molar-refractivity contribution in [3.05, 3.63) is 21.7 Å². The molecule has 0 saturated heterocycles. The second-order valence-corrected chi connectivity index (χ2v) is 4.78. The molecule has 0 bridgehead atoms. The van der Waals surface area contributed by atoms with Crippen LogP contribution in [0, 0.1) is 6.92 Å². The Bertz CT molecular complexity index is 470. The van der Waals surface area contributed by atoms with E-state index in [9.17, 15) is 4.79 Å². The van der Waals surface area contributed by atoms with Gasteiger partial charge < -0.3 is 14.6 Å². The third-order valence-electron chi connectivity index (χ3n) is 2.86. The van der Waals surface area contributed by atoms with Crippen LogP contribution in [0.4, 0.5) is 0 Å². The molecule has 4 nitrogen and oxygen atoms in total. The summed E-state index contributed by atoms with van der Waals surface area (Å²) < 4.78 is 11.8. The van der Waals surface area contributed by atoms with Crippen LogP contribution in [-0.4, -0.2) is 24.3 Å². The molecule has 1 N–H and O–H groups in total. The van der Waals surface area contributed by atoms with E-state index in [0.29, 0.717) is 30.3 Å². The van der Waals surface area contributed by atoms with Gasteiger partial charge in [-0.3, -0.25) is 4.79 Å². The Balaban J connectivity index is 2.55. The number of fused-ring (bicyclic) bond motifs is 1. The van der Waals surface area contributed by atoms with Crippen molar-refractivity contribution < 1.29 is 19.4 Å². The molecular weight excluding hydrogens is 288 g/mol. The van der Waals surface area contributed by atoms with Gasteiger partial charge in [-0.05, 0) is 25.5 Å². The molecular formula is C12H13BrO4. The normalized spacial score (nSPS) is 15.5. The number of hydrogen-bond donors (Lipinski definition) is 1. The van der Waals surface area contributed by atoms with E-state index in [-0.39, 0.29) is 0 Å². The van der Waals surface area contributed by atoms with Crippen LogP contribution in [0.5, 0.6) is 11.5 Å². The number of benzene rings is 1. The Kier molecular flexibility index (Phi) is 3.28. The van der Waals surface area contributed by atoms with Gasteiger partial charge in [0.2, 0.25) is 0 Å². The number of carbonyl (C=O) groups is 1. The SMILES string of the molecule is Cc1c(Br)c(C(C)C(=O)O)cc2c1OCCO2. The van der Waals surface area contributed by atoms with E-state index < -0.39 is 11.9 Å². The van der Waals surface area contributed by atoms with Crippen molar-refractivity contribution in [1.29, 1.82) is 0 Å². The van der Waals surface area contributed by atoms with Gasteiger partial charge in [0.1, 0.15) is 13.2 Å². The van der Waals surface area contributed by atoms with Crippen molar-refractivity contribution in [2.24, 2.45) is 0 Å². The van der Waals surface area contributed by atoms with Crippen LogP contribution in [0.3, 0.4) is 0 Å². The predicted molar refractivity (Wildman–Crippen MR) is 65.9 cm³/mol. The zero-order valence-electron chi connectivity index (χ0n) is 9.62. The summed E-state index contributed by atoms with van der Waals surface area (Å²) in [7, 11) is 0. The minimum absolute atomic E-state index is 0.495. The Hall–Kier alpha value is -1.23. The molecule has 0 aromatic heterocycles. The summed E-state index contributed by atoms with van der Waals surface area (Å²) in [6.45, 7) is 4.55. The number of ether oxygens (including phenoxy) is 2. The summed E-state index contributed by atoms with van der Waals surface area (Å²) in [5.74, 6) is -0.120. The lowest BCUT2D eigenvalue weighted by atomic mass is 9.98. The number of carboxylic acids is 1. The lowest BCUT2D eigenvalue weighted by Crippen LogP contribution is -2.18. The Morgan fingerprint density at radius 1 is 1.47 bits per heavy atom. The van der Waals surface area contributed by atoms with Gasteiger partial charge in [0, 0.05) is 10.0 Å². The fourth-order valence-corrected chi connectivity index (χ4v) is 2.44. The van der Waals surface area contributed by atoms with E-state index in [0.717, 1.165) is 10.0 Å². The molecule has 0 aliphatic carbocycles. The Morgan fingerprint density at radius 2 is 2.12 bits per heavy atom. The number of carboxylic acid groups (broad SMARTS) is 1. The first-order chi connectivity index (χ1) is 8.02. The highest BCUT2D eigenvalue weighted by Crippen LogP contribution is 2.42. The largest absolute Gasteiger partial charge is 0.486 e. The molecule has 1 aliphatic rings. The van der Waals surface area contributed by atoms with E-state index >= 15 is 0 Å². The molecule has 0 fully saturated rings. The highest BCUT2D eigenvalue weighted by molar-refractivity contribution is 9.10. The standard InChI is InChI=1S/C12H13BrO4/c1-6(12(14)15)8-5-9-11(7(2)10(8)13)17-4-3-16-9/h5-6H,3-4H2,1-2H3,(H,14,15). The molecule has 1 atom stereocenters. The molecule has 92 valence electrons.